The monoisotopic (exact) mass is 358 g/mol. The van der Waals surface area contributed by atoms with Gasteiger partial charge in [-0.2, -0.15) is 0 Å². The molecule has 0 aliphatic carbocycles. The Morgan fingerprint density at radius 2 is 2.21 bits per heavy atom. The molecule has 0 atom stereocenters. The average Bonchev–Trinajstić information content (AvgIpc) is 2.74. The Hall–Kier alpha value is -0.980. The number of benzene rings is 1. The lowest BCUT2D eigenvalue weighted by atomic mass is 10.2. The van der Waals surface area contributed by atoms with Crippen molar-refractivity contribution in [2.45, 2.75) is 6.54 Å². The largest absolute Gasteiger partial charge is 0.389 e. The Labute approximate surface area is 129 Å². The molecule has 0 radical (unpaired) electrons. The number of halogens is 2. The molecule has 100 valence electrons. The van der Waals surface area contributed by atoms with E-state index in [1.54, 1.807) is 17.4 Å². The molecule has 1 aromatic heterocycles. The van der Waals surface area contributed by atoms with E-state index in [1.807, 2.05) is 23.4 Å². The highest BCUT2D eigenvalue weighted by atomic mass is 79.9. The Balaban J connectivity index is 2.17. The van der Waals surface area contributed by atoms with Crippen molar-refractivity contribution < 1.29 is 4.39 Å². The summed E-state index contributed by atoms with van der Waals surface area (Å²) in [5, 5.41) is 2.03. The van der Waals surface area contributed by atoms with E-state index >= 15 is 0 Å². The first kappa shape index (κ1) is 14.4. The standard InChI is InChI=1S/C13H12BrFN2S2/c1-17(6-10-4-8(14)7-19-10)9-2-3-11(13(16)18)12(15)5-9/h2-5,7H,6H2,1H3,(H2,16,18). The SMILES string of the molecule is CN(Cc1cc(Br)cs1)c1ccc(C(N)=S)c(F)c1. The fourth-order valence-corrected chi connectivity index (χ4v) is 3.37. The molecule has 0 aliphatic heterocycles. The number of hydrogen-bond donors (Lipinski definition) is 1. The third-order valence-corrected chi connectivity index (χ3v) is 4.58. The minimum atomic E-state index is -0.385. The number of nitrogens with zero attached hydrogens (tertiary/aromatic N) is 1. The van der Waals surface area contributed by atoms with Crippen LogP contribution in [0.5, 0.6) is 0 Å². The Morgan fingerprint density at radius 1 is 1.47 bits per heavy atom. The van der Waals surface area contributed by atoms with Crippen molar-refractivity contribution >= 4 is 50.2 Å². The fraction of sp³-hybridized carbons (Fsp3) is 0.154. The molecule has 0 saturated carbocycles. The van der Waals surface area contributed by atoms with E-state index in [9.17, 15) is 4.39 Å². The van der Waals surface area contributed by atoms with Crippen LogP contribution in [0.15, 0.2) is 34.1 Å². The van der Waals surface area contributed by atoms with Crippen LogP contribution >= 0.6 is 39.5 Å². The normalized spacial score (nSPS) is 10.5. The van der Waals surface area contributed by atoms with Gasteiger partial charge in [-0.05, 0) is 40.2 Å². The average molecular weight is 359 g/mol. The van der Waals surface area contributed by atoms with Gasteiger partial charge in [0.05, 0.1) is 6.54 Å². The highest BCUT2D eigenvalue weighted by Crippen LogP contribution is 2.24. The van der Waals surface area contributed by atoms with Gasteiger partial charge in [-0.1, -0.05) is 12.2 Å². The third kappa shape index (κ3) is 3.52. The smallest absolute Gasteiger partial charge is 0.135 e. The van der Waals surface area contributed by atoms with Crippen molar-refractivity contribution in [2.24, 2.45) is 5.73 Å². The molecule has 2 rings (SSSR count). The molecule has 0 amide bonds. The van der Waals surface area contributed by atoms with Crippen LogP contribution < -0.4 is 10.6 Å². The van der Waals surface area contributed by atoms with Crippen LogP contribution in [0.2, 0.25) is 0 Å². The second kappa shape index (κ2) is 5.98. The number of thiocarbonyl (C=S) groups is 1. The fourth-order valence-electron chi connectivity index (χ4n) is 1.70. The zero-order chi connectivity index (χ0) is 14.0. The van der Waals surface area contributed by atoms with E-state index in [-0.39, 0.29) is 16.4 Å². The number of rotatable bonds is 4. The van der Waals surface area contributed by atoms with Crippen LogP contribution in [0, 0.1) is 5.82 Å². The van der Waals surface area contributed by atoms with Gasteiger partial charge in [0.2, 0.25) is 0 Å². The van der Waals surface area contributed by atoms with Gasteiger partial charge in [0.25, 0.3) is 0 Å². The summed E-state index contributed by atoms with van der Waals surface area (Å²) in [6, 6.07) is 6.95. The van der Waals surface area contributed by atoms with Crippen molar-refractivity contribution in [1.29, 1.82) is 0 Å². The Bertz CT molecular complexity index is 612. The zero-order valence-corrected chi connectivity index (χ0v) is 13.4. The predicted molar refractivity (Wildman–Crippen MR) is 86.4 cm³/mol. The van der Waals surface area contributed by atoms with E-state index in [4.69, 9.17) is 18.0 Å². The summed E-state index contributed by atoms with van der Waals surface area (Å²) in [6.45, 7) is 0.724. The van der Waals surface area contributed by atoms with Crippen molar-refractivity contribution in [3.63, 3.8) is 0 Å². The molecule has 0 bridgehead atoms. The number of nitrogens with two attached hydrogens (primary N) is 1. The Morgan fingerprint density at radius 3 is 2.74 bits per heavy atom. The highest BCUT2D eigenvalue weighted by Gasteiger charge is 2.09. The van der Waals surface area contributed by atoms with Crippen LogP contribution in [-0.4, -0.2) is 12.0 Å². The van der Waals surface area contributed by atoms with Gasteiger partial charge in [-0.25, -0.2) is 4.39 Å². The highest BCUT2D eigenvalue weighted by molar-refractivity contribution is 9.10. The Kier molecular flexibility index (Phi) is 4.54. The van der Waals surface area contributed by atoms with E-state index in [0.717, 1.165) is 16.7 Å². The van der Waals surface area contributed by atoms with Crippen molar-refractivity contribution in [3.05, 3.63) is 50.4 Å². The first-order valence-corrected chi connectivity index (χ1v) is 7.59. The van der Waals surface area contributed by atoms with Gasteiger partial charge in [0, 0.05) is 33.0 Å². The molecule has 0 unspecified atom stereocenters. The number of hydrogen-bond acceptors (Lipinski definition) is 3. The first-order chi connectivity index (χ1) is 8.97. The molecule has 0 saturated heterocycles. The van der Waals surface area contributed by atoms with Crippen LogP contribution in [0.3, 0.4) is 0 Å². The summed E-state index contributed by atoms with van der Waals surface area (Å²) in [6.07, 6.45) is 0. The van der Waals surface area contributed by atoms with Gasteiger partial charge in [0.15, 0.2) is 0 Å². The number of anilines is 1. The van der Waals surface area contributed by atoms with Crippen LogP contribution in [0.4, 0.5) is 10.1 Å². The molecule has 2 nitrogen and oxygen atoms in total. The zero-order valence-electron chi connectivity index (χ0n) is 10.2. The predicted octanol–water partition coefficient (Wildman–Crippen LogP) is 3.92. The van der Waals surface area contributed by atoms with E-state index < -0.39 is 0 Å². The van der Waals surface area contributed by atoms with Crippen LogP contribution in [0.25, 0.3) is 0 Å². The van der Waals surface area contributed by atoms with Gasteiger partial charge in [-0.3, -0.25) is 0 Å². The van der Waals surface area contributed by atoms with Gasteiger partial charge in [0.1, 0.15) is 10.8 Å². The molecule has 0 spiro atoms. The van der Waals surface area contributed by atoms with E-state index in [0.29, 0.717) is 0 Å². The topological polar surface area (TPSA) is 29.3 Å². The number of thiophene rings is 1. The first-order valence-electron chi connectivity index (χ1n) is 5.51. The summed E-state index contributed by atoms with van der Waals surface area (Å²) in [7, 11) is 1.92. The molecule has 2 N–H and O–H groups in total. The summed E-state index contributed by atoms with van der Waals surface area (Å²) in [5.74, 6) is -0.385. The lowest BCUT2D eigenvalue weighted by molar-refractivity contribution is 0.625. The lowest BCUT2D eigenvalue weighted by Crippen LogP contribution is -2.17. The lowest BCUT2D eigenvalue weighted by Gasteiger charge is -2.19. The van der Waals surface area contributed by atoms with Crippen molar-refractivity contribution in [2.75, 3.05) is 11.9 Å². The molecular formula is C13H12BrFN2S2. The summed E-state index contributed by atoms with van der Waals surface area (Å²) >= 11 is 9.87. The van der Waals surface area contributed by atoms with E-state index in [1.165, 1.54) is 10.9 Å². The second-order valence-electron chi connectivity index (χ2n) is 4.12. The second-order valence-corrected chi connectivity index (χ2v) is 6.47. The molecule has 1 heterocycles. The van der Waals surface area contributed by atoms with Crippen molar-refractivity contribution in [3.8, 4) is 0 Å². The summed E-state index contributed by atoms with van der Waals surface area (Å²) < 4.78 is 14.9. The van der Waals surface area contributed by atoms with Gasteiger partial charge >= 0.3 is 0 Å². The minimum absolute atomic E-state index is 0.0777. The molecule has 2 aromatic rings. The van der Waals surface area contributed by atoms with Crippen LogP contribution in [-0.2, 0) is 6.54 Å². The summed E-state index contributed by atoms with van der Waals surface area (Å²) in [5.41, 5.74) is 6.52. The molecule has 19 heavy (non-hydrogen) atoms. The maximum atomic E-state index is 13.8. The molecule has 6 heteroatoms. The van der Waals surface area contributed by atoms with Crippen molar-refractivity contribution in [1.82, 2.24) is 0 Å². The van der Waals surface area contributed by atoms with E-state index in [2.05, 4.69) is 22.0 Å². The van der Waals surface area contributed by atoms with Gasteiger partial charge in [-0.15, -0.1) is 11.3 Å². The molecule has 1 aromatic carbocycles. The quantitative estimate of drug-likeness (QED) is 0.839. The summed E-state index contributed by atoms with van der Waals surface area (Å²) in [4.78, 5) is 3.26. The maximum absolute atomic E-state index is 13.8. The molecule has 0 fully saturated rings. The van der Waals surface area contributed by atoms with Gasteiger partial charge < -0.3 is 10.6 Å². The third-order valence-electron chi connectivity index (χ3n) is 2.67. The molecular weight excluding hydrogens is 347 g/mol. The minimum Gasteiger partial charge on any atom is -0.389 e. The molecule has 0 aliphatic rings. The maximum Gasteiger partial charge on any atom is 0.135 e. The van der Waals surface area contributed by atoms with Crippen LogP contribution in [0.1, 0.15) is 10.4 Å².